The molecule has 0 saturated carbocycles. The molecular formula is C26H31NO. The largest absolute Gasteiger partial charge is 0.373 e. The van der Waals surface area contributed by atoms with E-state index in [4.69, 9.17) is 4.74 Å². The van der Waals surface area contributed by atoms with Gasteiger partial charge in [0.2, 0.25) is 0 Å². The molecule has 0 aliphatic carbocycles. The minimum atomic E-state index is 0.180. The smallest absolute Gasteiger partial charge is 0.0825 e. The van der Waals surface area contributed by atoms with Crippen molar-refractivity contribution in [2.24, 2.45) is 0 Å². The Labute approximate surface area is 169 Å². The molecule has 0 bridgehead atoms. The molecule has 0 aliphatic rings. The zero-order valence-corrected chi connectivity index (χ0v) is 16.6. The van der Waals surface area contributed by atoms with Gasteiger partial charge in [-0.05, 0) is 48.9 Å². The SMILES string of the molecule is c1ccc(CCCC(OCCCNCc2ccccc2)c2ccccc2)cc1. The molecule has 3 aromatic rings. The number of benzene rings is 3. The van der Waals surface area contributed by atoms with Crippen LogP contribution >= 0.6 is 0 Å². The van der Waals surface area contributed by atoms with Crippen LogP contribution in [-0.4, -0.2) is 13.2 Å². The third kappa shape index (κ3) is 7.30. The van der Waals surface area contributed by atoms with Gasteiger partial charge in [-0.3, -0.25) is 0 Å². The van der Waals surface area contributed by atoms with E-state index in [1.807, 2.05) is 0 Å². The van der Waals surface area contributed by atoms with Gasteiger partial charge in [-0.25, -0.2) is 0 Å². The molecule has 3 rings (SSSR count). The van der Waals surface area contributed by atoms with Crippen molar-refractivity contribution in [2.75, 3.05) is 13.2 Å². The van der Waals surface area contributed by atoms with Gasteiger partial charge in [0.25, 0.3) is 0 Å². The van der Waals surface area contributed by atoms with E-state index in [0.717, 1.165) is 45.4 Å². The molecule has 3 aromatic carbocycles. The third-order valence-electron chi connectivity index (χ3n) is 4.93. The maximum Gasteiger partial charge on any atom is 0.0825 e. The summed E-state index contributed by atoms with van der Waals surface area (Å²) in [7, 11) is 0. The Hall–Kier alpha value is -2.42. The molecular weight excluding hydrogens is 342 g/mol. The number of nitrogens with one attached hydrogen (secondary N) is 1. The van der Waals surface area contributed by atoms with Crippen molar-refractivity contribution in [1.82, 2.24) is 5.32 Å². The predicted octanol–water partition coefficient (Wildman–Crippen LogP) is 5.95. The van der Waals surface area contributed by atoms with E-state index in [-0.39, 0.29) is 6.10 Å². The summed E-state index contributed by atoms with van der Waals surface area (Å²) in [6.07, 6.45) is 4.49. The number of rotatable bonds is 12. The Kier molecular flexibility index (Phi) is 8.79. The quantitative estimate of drug-likeness (QED) is 0.396. The van der Waals surface area contributed by atoms with Crippen molar-refractivity contribution in [1.29, 1.82) is 0 Å². The monoisotopic (exact) mass is 373 g/mol. The Bertz CT molecular complexity index is 758. The van der Waals surface area contributed by atoms with Gasteiger partial charge in [0.1, 0.15) is 0 Å². The summed E-state index contributed by atoms with van der Waals surface area (Å²) in [6, 6.07) is 31.9. The Morgan fingerprint density at radius 1 is 0.679 bits per heavy atom. The fraction of sp³-hybridized carbons (Fsp3) is 0.308. The van der Waals surface area contributed by atoms with Gasteiger partial charge in [0, 0.05) is 13.2 Å². The molecule has 2 nitrogen and oxygen atoms in total. The maximum atomic E-state index is 6.28. The lowest BCUT2D eigenvalue weighted by molar-refractivity contribution is 0.0438. The minimum Gasteiger partial charge on any atom is -0.373 e. The average Bonchev–Trinajstić information content (AvgIpc) is 2.77. The van der Waals surface area contributed by atoms with Crippen molar-refractivity contribution in [2.45, 2.75) is 38.3 Å². The second-order valence-corrected chi connectivity index (χ2v) is 7.16. The highest BCUT2D eigenvalue weighted by Crippen LogP contribution is 2.24. The van der Waals surface area contributed by atoms with Gasteiger partial charge in [0.05, 0.1) is 6.10 Å². The van der Waals surface area contributed by atoms with Crippen molar-refractivity contribution in [3.63, 3.8) is 0 Å². The molecule has 0 fully saturated rings. The molecule has 0 heterocycles. The van der Waals surface area contributed by atoms with Crippen LogP contribution in [0.15, 0.2) is 91.0 Å². The molecule has 1 N–H and O–H groups in total. The van der Waals surface area contributed by atoms with E-state index in [1.54, 1.807) is 0 Å². The number of hydrogen-bond donors (Lipinski definition) is 1. The molecule has 0 amide bonds. The van der Waals surface area contributed by atoms with Crippen molar-refractivity contribution in [3.05, 3.63) is 108 Å². The Morgan fingerprint density at radius 2 is 1.29 bits per heavy atom. The van der Waals surface area contributed by atoms with Crippen LogP contribution in [0.25, 0.3) is 0 Å². The average molecular weight is 374 g/mol. The summed E-state index contributed by atoms with van der Waals surface area (Å²) in [5.74, 6) is 0. The van der Waals surface area contributed by atoms with E-state index < -0.39 is 0 Å². The number of aryl methyl sites for hydroxylation is 1. The highest BCUT2D eigenvalue weighted by Gasteiger charge is 2.11. The zero-order valence-electron chi connectivity index (χ0n) is 16.6. The van der Waals surface area contributed by atoms with Crippen molar-refractivity contribution < 1.29 is 4.74 Å². The van der Waals surface area contributed by atoms with Crippen LogP contribution in [0.4, 0.5) is 0 Å². The Balaban J connectivity index is 1.39. The van der Waals surface area contributed by atoms with Crippen LogP contribution in [0.3, 0.4) is 0 Å². The van der Waals surface area contributed by atoms with Crippen molar-refractivity contribution in [3.8, 4) is 0 Å². The first kappa shape index (κ1) is 20.3. The highest BCUT2D eigenvalue weighted by molar-refractivity contribution is 5.18. The second kappa shape index (κ2) is 12.1. The molecule has 1 atom stereocenters. The lowest BCUT2D eigenvalue weighted by Crippen LogP contribution is -2.17. The molecule has 146 valence electrons. The first-order valence-corrected chi connectivity index (χ1v) is 10.4. The van der Waals surface area contributed by atoms with Gasteiger partial charge in [0.15, 0.2) is 0 Å². The predicted molar refractivity (Wildman–Crippen MR) is 117 cm³/mol. The number of hydrogen-bond acceptors (Lipinski definition) is 2. The van der Waals surface area contributed by atoms with Crippen molar-refractivity contribution >= 4 is 0 Å². The maximum absolute atomic E-state index is 6.28. The first-order chi connectivity index (χ1) is 13.9. The summed E-state index contributed by atoms with van der Waals surface area (Å²) >= 11 is 0. The highest BCUT2D eigenvalue weighted by atomic mass is 16.5. The van der Waals surface area contributed by atoms with Crippen LogP contribution < -0.4 is 5.32 Å². The lowest BCUT2D eigenvalue weighted by Gasteiger charge is -2.19. The fourth-order valence-electron chi connectivity index (χ4n) is 3.40. The molecule has 0 radical (unpaired) electrons. The molecule has 28 heavy (non-hydrogen) atoms. The van der Waals surface area contributed by atoms with E-state index in [9.17, 15) is 0 Å². The standard InChI is InChI=1S/C26H31NO/c1-4-12-23(13-5-1)16-10-19-26(25-17-8-3-9-18-25)28-21-11-20-27-22-24-14-6-2-7-15-24/h1-9,12-15,17-18,26-27H,10-11,16,19-22H2. The van der Waals surface area contributed by atoms with Crippen LogP contribution in [0.5, 0.6) is 0 Å². The van der Waals surface area contributed by atoms with Crippen LogP contribution in [0.1, 0.15) is 42.1 Å². The number of ether oxygens (including phenoxy) is 1. The van der Waals surface area contributed by atoms with Crippen LogP contribution in [0, 0.1) is 0 Å². The van der Waals surface area contributed by atoms with E-state index in [0.29, 0.717) is 0 Å². The molecule has 0 saturated heterocycles. The second-order valence-electron chi connectivity index (χ2n) is 7.16. The normalized spacial score (nSPS) is 12.0. The summed E-state index contributed by atoms with van der Waals surface area (Å²) in [6.45, 7) is 2.67. The summed E-state index contributed by atoms with van der Waals surface area (Å²) in [5.41, 5.74) is 4.01. The summed E-state index contributed by atoms with van der Waals surface area (Å²) in [4.78, 5) is 0. The summed E-state index contributed by atoms with van der Waals surface area (Å²) < 4.78 is 6.28. The molecule has 0 spiro atoms. The van der Waals surface area contributed by atoms with Gasteiger partial charge in [-0.15, -0.1) is 0 Å². The van der Waals surface area contributed by atoms with E-state index >= 15 is 0 Å². The topological polar surface area (TPSA) is 21.3 Å². The van der Waals surface area contributed by atoms with Gasteiger partial charge >= 0.3 is 0 Å². The zero-order chi connectivity index (χ0) is 19.3. The minimum absolute atomic E-state index is 0.180. The molecule has 0 aliphatic heterocycles. The third-order valence-corrected chi connectivity index (χ3v) is 4.93. The van der Waals surface area contributed by atoms with Gasteiger partial charge in [-0.1, -0.05) is 91.0 Å². The van der Waals surface area contributed by atoms with Gasteiger partial charge < -0.3 is 10.1 Å². The van der Waals surface area contributed by atoms with E-state index in [2.05, 4.69) is 96.3 Å². The Morgan fingerprint density at radius 3 is 1.96 bits per heavy atom. The van der Waals surface area contributed by atoms with Crippen LogP contribution in [-0.2, 0) is 17.7 Å². The fourth-order valence-corrected chi connectivity index (χ4v) is 3.40. The van der Waals surface area contributed by atoms with Gasteiger partial charge in [-0.2, -0.15) is 0 Å². The molecule has 0 aromatic heterocycles. The molecule has 1 unspecified atom stereocenters. The molecule has 2 heteroatoms. The lowest BCUT2D eigenvalue weighted by atomic mass is 10.0. The summed E-state index contributed by atoms with van der Waals surface area (Å²) in [5, 5.41) is 3.50. The van der Waals surface area contributed by atoms with Crippen LogP contribution in [0.2, 0.25) is 0 Å². The first-order valence-electron chi connectivity index (χ1n) is 10.4. The van der Waals surface area contributed by atoms with E-state index in [1.165, 1.54) is 16.7 Å².